The highest BCUT2D eigenvalue weighted by molar-refractivity contribution is 5.99. The fourth-order valence-corrected chi connectivity index (χ4v) is 3.82. The molecule has 1 atom stereocenters. The van der Waals surface area contributed by atoms with E-state index in [0.717, 1.165) is 45.6 Å². The average Bonchev–Trinajstić information content (AvgIpc) is 2.82. The van der Waals surface area contributed by atoms with Crippen molar-refractivity contribution < 1.29 is 14.7 Å². The van der Waals surface area contributed by atoms with Gasteiger partial charge in [0.25, 0.3) is 5.91 Å². The number of nitrogens with one attached hydrogen (secondary N) is 1. The molecule has 0 radical (unpaired) electrons. The molecule has 6 nitrogen and oxygen atoms in total. The predicted molar refractivity (Wildman–Crippen MR) is 125 cm³/mol. The van der Waals surface area contributed by atoms with Crippen LogP contribution in [-0.2, 0) is 4.79 Å². The molecular weight excluding hydrogens is 390 g/mol. The number of Topliss-reactive ketones (excluding diaryl/α,β-unsaturated/α-hetero) is 1. The highest BCUT2D eigenvalue weighted by Gasteiger charge is 2.17. The van der Waals surface area contributed by atoms with Crippen molar-refractivity contribution in [2.75, 3.05) is 42.9 Å². The van der Waals surface area contributed by atoms with Gasteiger partial charge in [-0.1, -0.05) is 37.3 Å². The van der Waals surface area contributed by atoms with Crippen LogP contribution in [0.25, 0.3) is 0 Å². The first-order valence-electron chi connectivity index (χ1n) is 11.2. The molecule has 1 aliphatic heterocycles. The Kier molecular flexibility index (Phi) is 8.62. The lowest BCUT2D eigenvalue weighted by Gasteiger charge is -2.36. The normalized spacial score (nSPS) is 15.5. The number of carbonyl (C=O) groups excluding carboxylic acids is 2. The van der Waals surface area contributed by atoms with E-state index < -0.39 is 12.0 Å². The smallest absolute Gasteiger partial charge is 0.253 e. The summed E-state index contributed by atoms with van der Waals surface area (Å²) in [5.41, 5.74) is 2.43. The third-order valence-corrected chi connectivity index (χ3v) is 5.76. The van der Waals surface area contributed by atoms with E-state index in [-0.39, 0.29) is 5.78 Å². The Morgan fingerprint density at radius 1 is 1.00 bits per heavy atom. The molecule has 166 valence electrons. The number of aliphatic hydroxyl groups is 1. The van der Waals surface area contributed by atoms with Crippen LogP contribution < -0.4 is 10.2 Å². The van der Waals surface area contributed by atoms with Crippen molar-refractivity contribution >= 4 is 23.1 Å². The topological polar surface area (TPSA) is 72.9 Å². The molecule has 1 amide bonds. The number of para-hydroxylation sites is 1. The van der Waals surface area contributed by atoms with Crippen LogP contribution in [0, 0.1) is 0 Å². The van der Waals surface area contributed by atoms with Gasteiger partial charge >= 0.3 is 0 Å². The highest BCUT2D eigenvalue weighted by Crippen LogP contribution is 2.17. The van der Waals surface area contributed by atoms with E-state index in [1.165, 1.54) is 5.69 Å². The Morgan fingerprint density at radius 3 is 2.45 bits per heavy atom. The molecule has 0 aromatic heterocycles. The SMILES string of the molecule is CCC(O)C(=O)Nc1cccc(C(=O)CCCCN2CCN(c3ccccc3)CC2)c1. The van der Waals surface area contributed by atoms with Gasteiger partial charge in [-0.25, -0.2) is 0 Å². The van der Waals surface area contributed by atoms with Crippen LogP contribution in [-0.4, -0.2) is 60.5 Å². The fourth-order valence-electron chi connectivity index (χ4n) is 3.82. The van der Waals surface area contributed by atoms with Crippen LogP contribution in [0.15, 0.2) is 54.6 Å². The molecule has 1 saturated heterocycles. The minimum atomic E-state index is -1.03. The molecule has 1 unspecified atom stereocenters. The number of hydrogen-bond donors (Lipinski definition) is 2. The molecule has 2 aromatic rings. The van der Waals surface area contributed by atoms with E-state index in [1.807, 2.05) is 6.07 Å². The minimum Gasteiger partial charge on any atom is -0.383 e. The van der Waals surface area contributed by atoms with Crippen molar-refractivity contribution in [2.24, 2.45) is 0 Å². The summed E-state index contributed by atoms with van der Waals surface area (Å²) in [6.45, 7) is 6.93. The van der Waals surface area contributed by atoms with E-state index >= 15 is 0 Å². The first kappa shape index (κ1) is 23.0. The maximum absolute atomic E-state index is 12.5. The van der Waals surface area contributed by atoms with Gasteiger partial charge < -0.3 is 15.3 Å². The minimum absolute atomic E-state index is 0.0843. The molecule has 0 saturated carbocycles. The molecule has 1 fully saturated rings. The van der Waals surface area contributed by atoms with Gasteiger partial charge in [-0.15, -0.1) is 0 Å². The van der Waals surface area contributed by atoms with Gasteiger partial charge in [0.15, 0.2) is 5.78 Å². The maximum Gasteiger partial charge on any atom is 0.253 e. The van der Waals surface area contributed by atoms with E-state index in [2.05, 4.69) is 39.4 Å². The average molecular weight is 424 g/mol. The number of hydrogen-bond acceptors (Lipinski definition) is 5. The molecule has 1 heterocycles. The third kappa shape index (κ3) is 6.91. The monoisotopic (exact) mass is 423 g/mol. The Balaban J connectivity index is 1.37. The summed E-state index contributed by atoms with van der Waals surface area (Å²) < 4.78 is 0. The zero-order valence-electron chi connectivity index (χ0n) is 18.3. The quantitative estimate of drug-likeness (QED) is 0.451. The van der Waals surface area contributed by atoms with Crippen molar-refractivity contribution in [1.82, 2.24) is 4.90 Å². The molecule has 31 heavy (non-hydrogen) atoms. The molecule has 1 aliphatic rings. The molecule has 2 N–H and O–H groups in total. The van der Waals surface area contributed by atoms with E-state index in [4.69, 9.17) is 0 Å². The molecule has 2 aromatic carbocycles. The second kappa shape index (κ2) is 11.6. The van der Waals surface area contributed by atoms with Gasteiger partial charge in [0, 0.05) is 49.5 Å². The summed E-state index contributed by atoms with van der Waals surface area (Å²) in [6.07, 6.45) is 1.66. The first-order chi connectivity index (χ1) is 15.1. The summed E-state index contributed by atoms with van der Waals surface area (Å²) in [6, 6.07) is 17.5. The number of piperazine rings is 1. The lowest BCUT2D eigenvalue weighted by atomic mass is 10.0. The third-order valence-electron chi connectivity index (χ3n) is 5.76. The van der Waals surface area contributed by atoms with Gasteiger partial charge in [0.05, 0.1) is 0 Å². The molecule has 0 aliphatic carbocycles. The van der Waals surface area contributed by atoms with Crippen molar-refractivity contribution in [2.45, 2.75) is 38.7 Å². The number of anilines is 2. The fraction of sp³-hybridized carbons (Fsp3) is 0.440. The van der Waals surface area contributed by atoms with Crippen LogP contribution in [0.4, 0.5) is 11.4 Å². The van der Waals surface area contributed by atoms with Gasteiger partial charge in [0.1, 0.15) is 6.10 Å². The number of benzene rings is 2. The Labute approximate surface area is 184 Å². The lowest BCUT2D eigenvalue weighted by molar-refractivity contribution is -0.124. The van der Waals surface area contributed by atoms with Crippen LogP contribution in [0.3, 0.4) is 0 Å². The van der Waals surface area contributed by atoms with Crippen LogP contribution in [0.2, 0.25) is 0 Å². The molecule has 3 rings (SSSR count). The van der Waals surface area contributed by atoms with Gasteiger partial charge in [0.2, 0.25) is 0 Å². The van der Waals surface area contributed by atoms with Crippen LogP contribution in [0.5, 0.6) is 0 Å². The summed E-state index contributed by atoms with van der Waals surface area (Å²) in [5, 5.41) is 12.3. The number of ketones is 1. The van der Waals surface area contributed by atoms with Crippen molar-refractivity contribution in [1.29, 1.82) is 0 Å². The van der Waals surface area contributed by atoms with Gasteiger partial charge in [-0.2, -0.15) is 0 Å². The highest BCUT2D eigenvalue weighted by atomic mass is 16.3. The number of amides is 1. The number of aliphatic hydroxyl groups excluding tert-OH is 1. The summed E-state index contributed by atoms with van der Waals surface area (Å²) >= 11 is 0. The molecule has 0 bridgehead atoms. The Bertz CT molecular complexity index is 848. The lowest BCUT2D eigenvalue weighted by Crippen LogP contribution is -2.46. The van der Waals surface area contributed by atoms with Crippen LogP contribution >= 0.6 is 0 Å². The number of nitrogens with zero attached hydrogens (tertiary/aromatic N) is 2. The van der Waals surface area contributed by atoms with Gasteiger partial charge in [-0.05, 0) is 50.1 Å². The molecular formula is C25H33N3O3. The second-order valence-electron chi connectivity index (χ2n) is 8.04. The molecule has 6 heteroatoms. The number of rotatable bonds is 10. The summed E-state index contributed by atoms with van der Waals surface area (Å²) in [5.74, 6) is -0.361. The largest absolute Gasteiger partial charge is 0.383 e. The first-order valence-corrected chi connectivity index (χ1v) is 11.2. The van der Waals surface area contributed by atoms with E-state index in [0.29, 0.717) is 24.1 Å². The van der Waals surface area contributed by atoms with E-state index in [1.54, 1.807) is 31.2 Å². The molecule has 0 spiro atoms. The number of unbranched alkanes of at least 4 members (excludes halogenated alkanes) is 1. The number of carbonyl (C=O) groups is 2. The Morgan fingerprint density at radius 2 is 1.74 bits per heavy atom. The maximum atomic E-state index is 12.5. The zero-order valence-corrected chi connectivity index (χ0v) is 18.3. The van der Waals surface area contributed by atoms with Crippen LogP contribution in [0.1, 0.15) is 43.0 Å². The van der Waals surface area contributed by atoms with Crippen molar-refractivity contribution in [3.8, 4) is 0 Å². The summed E-state index contributed by atoms with van der Waals surface area (Å²) in [4.78, 5) is 29.3. The van der Waals surface area contributed by atoms with E-state index in [9.17, 15) is 14.7 Å². The predicted octanol–water partition coefficient (Wildman–Crippen LogP) is 3.57. The van der Waals surface area contributed by atoms with Crippen molar-refractivity contribution in [3.05, 3.63) is 60.2 Å². The summed E-state index contributed by atoms with van der Waals surface area (Å²) in [7, 11) is 0. The zero-order chi connectivity index (χ0) is 22.1. The van der Waals surface area contributed by atoms with Crippen molar-refractivity contribution in [3.63, 3.8) is 0 Å². The second-order valence-corrected chi connectivity index (χ2v) is 8.04. The Hall–Kier alpha value is -2.70. The van der Waals surface area contributed by atoms with Gasteiger partial charge in [-0.3, -0.25) is 14.5 Å². The standard InChI is InChI=1S/C25H33N3O3/c1-2-23(29)25(31)26-21-10-8-9-20(19-21)24(30)13-6-7-14-27-15-17-28(18-16-27)22-11-4-3-5-12-22/h3-5,8-12,19,23,29H,2,6-7,13-18H2,1H3,(H,26,31).